The second-order valence-electron chi connectivity index (χ2n) is 7.46. The molecule has 1 aliphatic rings. The molecule has 4 aromatic rings. The number of allylic oxidation sites excluding steroid dienone is 1. The van der Waals surface area contributed by atoms with E-state index in [-0.39, 0.29) is 5.91 Å². The highest BCUT2D eigenvalue weighted by atomic mass is 16.2. The highest BCUT2D eigenvalue weighted by molar-refractivity contribution is 6.18. The molecule has 0 amide bonds. The topological polar surface area (TPSA) is 22.0 Å². The summed E-state index contributed by atoms with van der Waals surface area (Å²) >= 11 is 0. The Labute approximate surface area is 170 Å². The fraction of sp³-hybridized carbons (Fsp3) is 0.0741. The zero-order chi connectivity index (χ0) is 20.0. The van der Waals surface area contributed by atoms with Gasteiger partial charge in [0.1, 0.15) is 5.57 Å². The van der Waals surface area contributed by atoms with E-state index in [9.17, 15) is 4.79 Å². The highest BCUT2D eigenvalue weighted by Gasteiger charge is 2.31. The Morgan fingerprint density at radius 1 is 0.759 bits per heavy atom. The zero-order valence-electron chi connectivity index (χ0n) is 16.4. The van der Waals surface area contributed by atoms with Crippen molar-refractivity contribution in [2.45, 2.75) is 13.8 Å². The second-order valence-corrected chi connectivity index (χ2v) is 7.46. The van der Waals surface area contributed by atoms with Crippen LogP contribution in [0, 0.1) is 25.7 Å². The van der Waals surface area contributed by atoms with Crippen LogP contribution in [-0.2, 0) is 0 Å². The summed E-state index contributed by atoms with van der Waals surface area (Å²) in [4.78, 5) is 13.4. The van der Waals surface area contributed by atoms with Crippen LogP contribution in [0.3, 0.4) is 0 Å². The third kappa shape index (κ3) is 2.88. The van der Waals surface area contributed by atoms with Crippen molar-refractivity contribution < 1.29 is 4.79 Å². The SMILES string of the molecule is Cc1ccc(C#CC2=C(c3ccc(C)cc3)c3cc4ccccc4n3C2=O)cc1. The molecule has 2 heterocycles. The molecule has 0 fully saturated rings. The summed E-state index contributed by atoms with van der Waals surface area (Å²) in [6.45, 7) is 4.11. The van der Waals surface area contributed by atoms with Crippen LogP contribution in [0.1, 0.15) is 32.7 Å². The first-order valence-corrected chi connectivity index (χ1v) is 9.67. The monoisotopic (exact) mass is 373 g/mol. The van der Waals surface area contributed by atoms with Crippen molar-refractivity contribution in [2.75, 3.05) is 0 Å². The van der Waals surface area contributed by atoms with Crippen LogP contribution in [0.25, 0.3) is 16.5 Å². The molecule has 0 N–H and O–H groups in total. The molecule has 1 aromatic heterocycles. The van der Waals surface area contributed by atoms with Gasteiger partial charge in [-0.05, 0) is 43.7 Å². The molecule has 138 valence electrons. The summed E-state index contributed by atoms with van der Waals surface area (Å²) in [7, 11) is 0. The molecule has 0 spiro atoms. The molecule has 2 heteroatoms. The summed E-state index contributed by atoms with van der Waals surface area (Å²) in [6.07, 6.45) is 0. The number of aryl methyl sites for hydroxylation is 2. The Morgan fingerprint density at radius 2 is 1.41 bits per heavy atom. The Balaban J connectivity index is 1.73. The summed E-state index contributed by atoms with van der Waals surface area (Å²) in [6, 6.07) is 26.4. The van der Waals surface area contributed by atoms with Gasteiger partial charge in [0, 0.05) is 16.5 Å². The summed E-state index contributed by atoms with van der Waals surface area (Å²) < 4.78 is 1.80. The lowest BCUT2D eigenvalue weighted by atomic mass is 9.97. The lowest BCUT2D eigenvalue weighted by Crippen LogP contribution is -2.07. The molecule has 0 unspecified atom stereocenters. The number of carbonyl (C=O) groups is 1. The summed E-state index contributed by atoms with van der Waals surface area (Å²) in [5.74, 6) is 6.31. The van der Waals surface area contributed by atoms with E-state index in [2.05, 4.69) is 49.1 Å². The normalized spacial score (nSPS) is 12.8. The van der Waals surface area contributed by atoms with Gasteiger partial charge < -0.3 is 0 Å². The molecule has 0 atom stereocenters. The van der Waals surface area contributed by atoms with Gasteiger partial charge in [0.15, 0.2) is 0 Å². The fourth-order valence-corrected chi connectivity index (χ4v) is 3.80. The predicted molar refractivity (Wildman–Crippen MR) is 118 cm³/mol. The van der Waals surface area contributed by atoms with Crippen LogP contribution in [0.15, 0.2) is 84.4 Å². The van der Waals surface area contributed by atoms with Crippen molar-refractivity contribution in [1.82, 2.24) is 4.57 Å². The third-order valence-electron chi connectivity index (χ3n) is 5.36. The molecule has 1 aliphatic heterocycles. The van der Waals surface area contributed by atoms with Crippen molar-refractivity contribution >= 4 is 22.4 Å². The molecule has 3 aromatic carbocycles. The largest absolute Gasteiger partial charge is 0.275 e. The first kappa shape index (κ1) is 17.3. The molecule has 2 nitrogen and oxygen atoms in total. The van der Waals surface area contributed by atoms with E-state index in [1.165, 1.54) is 11.1 Å². The Bertz CT molecular complexity index is 1350. The number of hydrogen-bond donors (Lipinski definition) is 0. The maximum Gasteiger partial charge on any atom is 0.272 e. The smallest absolute Gasteiger partial charge is 0.272 e. The number of rotatable bonds is 1. The van der Waals surface area contributed by atoms with Crippen LogP contribution in [0.5, 0.6) is 0 Å². The fourth-order valence-electron chi connectivity index (χ4n) is 3.80. The molecular weight excluding hydrogens is 354 g/mol. The third-order valence-corrected chi connectivity index (χ3v) is 5.36. The van der Waals surface area contributed by atoms with Gasteiger partial charge in [0.25, 0.3) is 5.91 Å². The number of fused-ring (bicyclic) bond motifs is 3. The van der Waals surface area contributed by atoms with Crippen molar-refractivity contribution in [2.24, 2.45) is 0 Å². The van der Waals surface area contributed by atoms with Gasteiger partial charge in [-0.2, -0.15) is 0 Å². The van der Waals surface area contributed by atoms with Crippen LogP contribution >= 0.6 is 0 Å². The maximum atomic E-state index is 13.4. The van der Waals surface area contributed by atoms with E-state index in [0.29, 0.717) is 5.57 Å². The highest BCUT2D eigenvalue weighted by Crippen LogP contribution is 2.37. The molecular formula is C27H19NO. The van der Waals surface area contributed by atoms with E-state index in [0.717, 1.165) is 33.3 Å². The van der Waals surface area contributed by atoms with Crippen LogP contribution in [-0.4, -0.2) is 10.5 Å². The lowest BCUT2D eigenvalue weighted by molar-refractivity contribution is 0.0971. The average Bonchev–Trinajstić information content (AvgIpc) is 3.23. The van der Waals surface area contributed by atoms with E-state index in [1.807, 2.05) is 55.5 Å². The minimum atomic E-state index is -0.0589. The molecule has 0 radical (unpaired) electrons. The van der Waals surface area contributed by atoms with Gasteiger partial charge in [0.05, 0.1) is 11.2 Å². The van der Waals surface area contributed by atoms with E-state index in [1.54, 1.807) is 4.57 Å². The summed E-state index contributed by atoms with van der Waals surface area (Å²) in [5, 5.41) is 1.06. The Kier molecular flexibility index (Phi) is 3.96. The van der Waals surface area contributed by atoms with Gasteiger partial charge in [-0.1, -0.05) is 77.6 Å². The van der Waals surface area contributed by atoms with Crippen molar-refractivity contribution in [3.05, 3.63) is 112 Å². The minimum Gasteiger partial charge on any atom is -0.275 e. The Morgan fingerprint density at radius 3 is 2.14 bits per heavy atom. The molecule has 0 saturated heterocycles. The molecule has 0 saturated carbocycles. The van der Waals surface area contributed by atoms with Crippen molar-refractivity contribution in [3.8, 4) is 11.8 Å². The lowest BCUT2D eigenvalue weighted by Gasteiger charge is -2.04. The number of para-hydroxylation sites is 1. The van der Waals surface area contributed by atoms with Crippen LogP contribution in [0.4, 0.5) is 0 Å². The van der Waals surface area contributed by atoms with E-state index >= 15 is 0 Å². The molecule has 0 bridgehead atoms. The van der Waals surface area contributed by atoms with E-state index in [4.69, 9.17) is 0 Å². The average molecular weight is 373 g/mol. The Hall–Kier alpha value is -3.83. The number of benzene rings is 3. The number of carbonyl (C=O) groups excluding carboxylic acids is 1. The number of aromatic nitrogens is 1. The number of hydrogen-bond acceptors (Lipinski definition) is 1. The maximum absolute atomic E-state index is 13.4. The molecule has 5 rings (SSSR count). The summed E-state index contributed by atoms with van der Waals surface area (Å²) in [5.41, 5.74) is 7.58. The molecule has 29 heavy (non-hydrogen) atoms. The van der Waals surface area contributed by atoms with Gasteiger partial charge in [-0.15, -0.1) is 0 Å². The first-order chi connectivity index (χ1) is 14.1. The van der Waals surface area contributed by atoms with Gasteiger partial charge in [0.2, 0.25) is 0 Å². The van der Waals surface area contributed by atoms with Gasteiger partial charge in [-0.25, -0.2) is 0 Å². The number of nitrogens with zero attached hydrogens (tertiary/aromatic N) is 1. The standard InChI is InChI=1S/C27H19NO/c1-18-7-11-20(12-8-18)13-16-23-26(21-14-9-19(2)10-15-21)25-17-22-5-3-4-6-24(22)28(25)27(23)29/h3-12,14-15,17H,1-2H3. The van der Waals surface area contributed by atoms with Crippen LogP contribution < -0.4 is 0 Å². The molecule has 0 aliphatic carbocycles. The van der Waals surface area contributed by atoms with Crippen LogP contribution in [0.2, 0.25) is 0 Å². The van der Waals surface area contributed by atoms with Crippen molar-refractivity contribution in [1.29, 1.82) is 0 Å². The predicted octanol–water partition coefficient (Wildman–Crippen LogP) is 5.77. The zero-order valence-corrected chi connectivity index (χ0v) is 16.4. The van der Waals surface area contributed by atoms with Crippen molar-refractivity contribution in [3.63, 3.8) is 0 Å². The van der Waals surface area contributed by atoms with E-state index < -0.39 is 0 Å². The van der Waals surface area contributed by atoms with Gasteiger partial charge >= 0.3 is 0 Å². The first-order valence-electron chi connectivity index (χ1n) is 9.67. The second kappa shape index (κ2) is 6.65. The minimum absolute atomic E-state index is 0.0589. The quantitative estimate of drug-likeness (QED) is 0.389. The van der Waals surface area contributed by atoms with Gasteiger partial charge in [-0.3, -0.25) is 9.36 Å².